The first-order valence-corrected chi connectivity index (χ1v) is 12.5. The van der Waals surface area contributed by atoms with Crippen molar-refractivity contribution in [1.82, 2.24) is 5.32 Å². The Morgan fingerprint density at radius 3 is 2.06 bits per heavy atom. The van der Waals surface area contributed by atoms with E-state index in [0.29, 0.717) is 22.4 Å². The van der Waals surface area contributed by atoms with E-state index in [-0.39, 0.29) is 17.7 Å². The molecular formula is C23H26Cl2N2O5S. The molecule has 2 unspecified atom stereocenters. The largest absolute Gasteiger partial charge is 0.480 e. The predicted molar refractivity (Wildman–Crippen MR) is 128 cm³/mol. The lowest BCUT2D eigenvalue weighted by atomic mass is 10.0. The topological polar surface area (TPSA) is 113 Å². The maximum atomic E-state index is 12.9. The lowest BCUT2D eigenvalue weighted by Crippen LogP contribution is -2.46. The summed E-state index contributed by atoms with van der Waals surface area (Å²) in [5.41, 5.74) is 2.20. The highest BCUT2D eigenvalue weighted by Crippen LogP contribution is 2.63. The van der Waals surface area contributed by atoms with Gasteiger partial charge >= 0.3 is 5.97 Å². The summed E-state index contributed by atoms with van der Waals surface area (Å²) in [7, 11) is -3.80. The van der Waals surface area contributed by atoms with Gasteiger partial charge in [-0.05, 0) is 62.9 Å². The first-order valence-electron chi connectivity index (χ1n) is 10.3. The number of hydrogen-bond acceptors (Lipinski definition) is 4. The fourth-order valence-corrected chi connectivity index (χ4v) is 6.13. The first kappa shape index (κ1) is 25.3. The molecule has 7 nitrogen and oxygen atoms in total. The quantitative estimate of drug-likeness (QED) is 0.460. The van der Waals surface area contributed by atoms with E-state index in [1.807, 2.05) is 19.1 Å². The monoisotopic (exact) mass is 512 g/mol. The van der Waals surface area contributed by atoms with Crippen LogP contribution in [0.3, 0.4) is 0 Å². The molecule has 1 aliphatic rings. The van der Waals surface area contributed by atoms with E-state index in [1.165, 1.54) is 0 Å². The molecule has 1 saturated carbocycles. The van der Waals surface area contributed by atoms with Crippen LogP contribution in [-0.2, 0) is 26.0 Å². The van der Waals surface area contributed by atoms with Gasteiger partial charge in [-0.3, -0.25) is 9.52 Å². The van der Waals surface area contributed by atoms with Gasteiger partial charge in [-0.15, -0.1) is 23.2 Å². The Kier molecular flexibility index (Phi) is 6.77. The molecule has 0 aromatic heterocycles. The number of halogens is 2. The van der Waals surface area contributed by atoms with Crippen LogP contribution in [0.2, 0.25) is 0 Å². The fraction of sp³-hybridized carbons (Fsp3) is 0.391. The zero-order chi connectivity index (χ0) is 24.8. The molecule has 0 radical (unpaired) electrons. The summed E-state index contributed by atoms with van der Waals surface area (Å²) in [6.07, 6.45) is 0.258. The highest BCUT2D eigenvalue weighted by atomic mass is 35.5. The predicted octanol–water partition coefficient (Wildman–Crippen LogP) is 4.11. The average molecular weight is 513 g/mol. The number of amides is 1. The molecule has 0 bridgehead atoms. The normalized spacial score (nSPS) is 20.1. The molecule has 0 spiro atoms. The maximum absolute atomic E-state index is 12.9. The number of rotatable bonds is 8. The second-order valence-electron chi connectivity index (χ2n) is 8.81. The van der Waals surface area contributed by atoms with Gasteiger partial charge in [0.25, 0.3) is 10.0 Å². The van der Waals surface area contributed by atoms with E-state index in [9.17, 15) is 23.1 Å². The number of anilines is 1. The van der Waals surface area contributed by atoms with E-state index in [1.54, 1.807) is 45.0 Å². The molecule has 0 saturated heterocycles. The van der Waals surface area contributed by atoms with Crippen LogP contribution in [0.15, 0.2) is 41.3 Å². The van der Waals surface area contributed by atoms with Gasteiger partial charge in [0.1, 0.15) is 10.4 Å². The van der Waals surface area contributed by atoms with Crippen LogP contribution < -0.4 is 10.0 Å². The van der Waals surface area contributed by atoms with Crippen LogP contribution in [0.1, 0.15) is 35.6 Å². The number of nitrogens with one attached hydrogen (secondary N) is 2. The number of carbonyl (C=O) groups excluding carboxylic acids is 1. The second kappa shape index (κ2) is 8.81. The number of aliphatic carboxylic acids is 1. The van der Waals surface area contributed by atoms with Crippen LogP contribution >= 0.6 is 23.2 Å². The molecule has 33 heavy (non-hydrogen) atoms. The van der Waals surface area contributed by atoms with Crippen molar-refractivity contribution in [2.45, 2.75) is 55.8 Å². The molecule has 0 aliphatic heterocycles. The van der Waals surface area contributed by atoms with Gasteiger partial charge < -0.3 is 10.4 Å². The Hall–Kier alpha value is -2.29. The van der Waals surface area contributed by atoms with E-state index >= 15 is 0 Å². The fourth-order valence-electron chi connectivity index (χ4n) is 3.91. The van der Waals surface area contributed by atoms with Crippen molar-refractivity contribution in [3.63, 3.8) is 0 Å². The smallest absolute Gasteiger partial charge is 0.326 e. The third-order valence-corrected chi connectivity index (χ3v) is 8.67. The number of carboxylic acid groups (broad SMARTS) is 1. The summed E-state index contributed by atoms with van der Waals surface area (Å²) in [4.78, 5) is 24.4. The van der Waals surface area contributed by atoms with Gasteiger partial charge in [0.05, 0.1) is 10.3 Å². The van der Waals surface area contributed by atoms with Gasteiger partial charge in [-0.25, -0.2) is 13.2 Å². The standard InChI is InChI=1S/C23H26Cl2N2O5S/c1-13-9-14(2)19(15(3)10-13)33(31,32)27-17-7-5-16(6-8-17)11-18(20(28)29)26-21(30)22(4)12-23(22,24)25/h5-10,18,27H,11-12H2,1-4H3,(H,26,30)(H,28,29). The molecule has 2 aromatic rings. The Bertz CT molecular complexity index is 1190. The average Bonchev–Trinajstić information content (AvgIpc) is 3.20. The number of carbonyl (C=O) groups is 2. The molecule has 3 rings (SSSR count). The molecule has 2 atom stereocenters. The number of alkyl halides is 2. The minimum atomic E-state index is -3.80. The molecule has 178 valence electrons. The summed E-state index contributed by atoms with van der Waals surface area (Å²) in [6, 6.07) is 8.77. The summed E-state index contributed by atoms with van der Waals surface area (Å²) < 4.78 is 27.2. The number of benzene rings is 2. The molecule has 1 amide bonds. The first-order chi connectivity index (χ1) is 15.2. The van der Waals surface area contributed by atoms with Crippen molar-refractivity contribution in [2.24, 2.45) is 5.41 Å². The van der Waals surface area contributed by atoms with Crippen LogP contribution in [0.25, 0.3) is 0 Å². The van der Waals surface area contributed by atoms with E-state index in [0.717, 1.165) is 5.56 Å². The van der Waals surface area contributed by atoms with Crippen LogP contribution in [-0.4, -0.2) is 35.8 Å². The van der Waals surface area contributed by atoms with Gasteiger partial charge in [0.15, 0.2) is 0 Å². The third kappa shape index (κ3) is 5.28. The Morgan fingerprint density at radius 1 is 1.09 bits per heavy atom. The molecule has 2 aromatic carbocycles. The Labute approximate surface area is 203 Å². The highest BCUT2D eigenvalue weighted by molar-refractivity contribution is 7.92. The maximum Gasteiger partial charge on any atom is 0.326 e. The summed E-state index contributed by atoms with van der Waals surface area (Å²) in [5, 5.41) is 12.0. The van der Waals surface area contributed by atoms with Crippen molar-refractivity contribution < 1.29 is 23.1 Å². The number of carboxylic acids is 1. The van der Waals surface area contributed by atoms with Gasteiger partial charge in [0.2, 0.25) is 5.91 Å². The third-order valence-electron chi connectivity index (χ3n) is 5.88. The molecular weight excluding hydrogens is 487 g/mol. The van der Waals surface area contributed by atoms with Crippen molar-refractivity contribution in [2.75, 3.05) is 4.72 Å². The molecule has 0 heterocycles. The van der Waals surface area contributed by atoms with Crippen LogP contribution in [0, 0.1) is 26.2 Å². The molecule has 1 fully saturated rings. The van der Waals surface area contributed by atoms with Crippen LogP contribution in [0.5, 0.6) is 0 Å². The minimum Gasteiger partial charge on any atom is -0.480 e. The van der Waals surface area contributed by atoms with Crippen LogP contribution in [0.4, 0.5) is 5.69 Å². The molecule has 10 heteroatoms. The highest BCUT2D eigenvalue weighted by Gasteiger charge is 2.68. The molecule has 1 aliphatic carbocycles. The summed E-state index contributed by atoms with van der Waals surface area (Å²) in [6.45, 7) is 6.98. The second-order valence-corrected chi connectivity index (χ2v) is 11.9. The lowest BCUT2D eigenvalue weighted by molar-refractivity contribution is -0.142. The Morgan fingerprint density at radius 2 is 1.61 bits per heavy atom. The SMILES string of the molecule is Cc1cc(C)c(S(=O)(=O)Nc2ccc(CC(NC(=O)C3(C)CC3(Cl)Cl)C(=O)O)cc2)c(C)c1. The van der Waals surface area contributed by atoms with Gasteiger partial charge in [-0.1, -0.05) is 29.8 Å². The lowest BCUT2D eigenvalue weighted by Gasteiger charge is -2.19. The van der Waals surface area contributed by atoms with Gasteiger partial charge in [0, 0.05) is 12.1 Å². The van der Waals surface area contributed by atoms with E-state index in [2.05, 4.69) is 10.0 Å². The minimum absolute atomic E-state index is 0.0118. The number of aryl methyl sites for hydroxylation is 3. The zero-order valence-electron chi connectivity index (χ0n) is 18.7. The van der Waals surface area contributed by atoms with Gasteiger partial charge in [-0.2, -0.15) is 0 Å². The Balaban J connectivity index is 1.72. The van der Waals surface area contributed by atoms with E-state index in [4.69, 9.17) is 23.2 Å². The number of hydrogen-bond donors (Lipinski definition) is 3. The zero-order valence-corrected chi connectivity index (χ0v) is 21.0. The van der Waals surface area contributed by atoms with E-state index < -0.39 is 37.7 Å². The van der Waals surface area contributed by atoms with Crippen molar-refractivity contribution >= 4 is 50.8 Å². The summed E-state index contributed by atoms with van der Waals surface area (Å²) in [5.74, 6) is -1.72. The molecule has 3 N–H and O–H groups in total. The van der Waals surface area contributed by atoms with Crippen molar-refractivity contribution in [1.29, 1.82) is 0 Å². The van der Waals surface area contributed by atoms with Crippen molar-refractivity contribution in [3.8, 4) is 0 Å². The summed E-state index contributed by atoms with van der Waals surface area (Å²) >= 11 is 12.0. The number of sulfonamides is 1. The van der Waals surface area contributed by atoms with Crippen molar-refractivity contribution in [3.05, 3.63) is 58.7 Å².